The summed E-state index contributed by atoms with van der Waals surface area (Å²) in [6.45, 7) is 1.42. The highest BCUT2D eigenvalue weighted by atomic mass is 35.5. The molecule has 0 amide bonds. The Kier molecular flexibility index (Phi) is 4.31. The molecule has 3 nitrogen and oxygen atoms in total. The zero-order valence-corrected chi connectivity index (χ0v) is 10.5. The number of aromatic nitrogens is 2. The van der Waals surface area contributed by atoms with Gasteiger partial charge in [0.2, 0.25) is 0 Å². The van der Waals surface area contributed by atoms with Crippen molar-refractivity contribution in [1.29, 1.82) is 0 Å². The molecule has 0 atom stereocenters. The van der Waals surface area contributed by atoms with E-state index in [-0.39, 0.29) is 0 Å². The summed E-state index contributed by atoms with van der Waals surface area (Å²) in [5, 5.41) is 4.42. The van der Waals surface area contributed by atoms with E-state index < -0.39 is 0 Å². The van der Waals surface area contributed by atoms with Crippen molar-refractivity contribution in [2.24, 2.45) is 0 Å². The summed E-state index contributed by atoms with van der Waals surface area (Å²) in [6, 6.07) is 7.48. The molecule has 5 heteroatoms. The lowest BCUT2D eigenvalue weighted by molar-refractivity contribution is 0.678. The highest BCUT2D eigenvalue weighted by molar-refractivity contribution is 6.42. The Labute approximate surface area is 110 Å². The lowest BCUT2D eigenvalue weighted by atomic mass is 10.2. The van der Waals surface area contributed by atoms with Gasteiger partial charge < -0.3 is 5.32 Å². The maximum atomic E-state index is 5.93. The van der Waals surface area contributed by atoms with E-state index in [1.54, 1.807) is 12.3 Å². The molecular weight excluding hydrogens is 257 g/mol. The summed E-state index contributed by atoms with van der Waals surface area (Å²) in [4.78, 5) is 7.98. The van der Waals surface area contributed by atoms with Gasteiger partial charge in [0.25, 0.3) is 0 Å². The average Bonchev–Trinajstić information content (AvgIpc) is 2.35. The molecule has 0 aliphatic carbocycles. The van der Waals surface area contributed by atoms with E-state index in [4.69, 9.17) is 23.2 Å². The fraction of sp³-hybridized carbons (Fsp3) is 0.167. The van der Waals surface area contributed by atoms with E-state index in [9.17, 15) is 0 Å². The first kappa shape index (κ1) is 12.3. The van der Waals surface area contributed by atoms with Gasteiger partial charge in [-0.3, -0.25) is 0 Å². The average molecular weight is 268 g/mol. The van der Waals surface area contributed by atoms with Gasteiger partial charge in [0, 0.05) is 19.3 Å². The van der Waals surface area contributed by atoms with Crippen LogP contribution in [0.1, 0.15) is 11.3 Å². The first-order chi connectivity index (χ1) is 8.25. The smallest absolute Gasteiger partial charge is 0.115 e. The van der Waals surface area contributed by atoms with E-state index in [0.717, 1.165) is 17.8 Å². The molecule has 17 heavy (non-hydrogen) atoms. The van der Waals surface area contributed by atoms with Gasteiger partial charge in [0.15, 0.2) is 0 Å². The number of hydrogen-bond donors (Lipinski definition) is 1. The number of nitrogens with zero attached hydrogens (tertiary/aromatic N) is 2. The normalized spacial score (nSPS) is 10.5. The van der Waals surface area contributed by atoms with Crippen LogP contribution in [0.5, 0.6) is 0 Å². The minimum atomic E-state index is 0.575. The zero-order chi connectivity index (χ0) is 12.1. The topological polar surface area (TPSA) is 37.8 Å². The van der Waals surface area contributed by atoms with E-state index in [1.807, 2.05) is 18.2 Å². The third-order valence-corrected chi connectivity index (χ3v) is 3.00. The second kappa shape index (κ2) is 5.96. The van der Waals surface area contributed by atoms with E-state index in [2.05, 4.69) is 15.3 Å². The number of benzene rings is 1. The van der Waals surface area contributed by atoms with Gasteiger partial charge >= 0.3 is 0 Å². The SMILES string of the molecule is Clc1ccc(CNCc2ccncn2)cc1Cl. The number of hydrogen-bond acceptors (Lipinski definition) is 3. The van der Waals surface area contributed by atoms with Crippen LogP contribution in [0, 0.1) is 0 Å². The third kappa shape index (κ3) is 3.66. The lowest BCUT2D eigenvalue weighted by Crippen LogP contribution is -2.13. The molecule has 1 aromatic heterocycles. The molecule has 0 aliphatic rings. The van der Waals surface area contributed by atoms with Crippen molar-refractivity contribution in [1.82, 2.24) is 15.3 Å². The van der Waals surface area contributed by atoms with Crippen LogP contribution in [0.3, 0.4) is 0 Å². The van der Waals surface area contributed by atoms with Crippen LogP contribution in [0.2, 0.25) is 10.0 Å². The van der Waals surface area contributed by atoms with Gasteiger partial charge in [0.1, 0.15) is 6.33 Å². The molecule has 1 N–H and O–H groups in total. The van der Waals surface area contributed by atoms with E-state index in [1.165, 1.54) is 6.33 Å². The van der Waals surface area contributed by atoms with Crippen molar-refractivity contribution in [3.05, 3.63) is 58.1 Å². The summed E-state index contributed by atoms with van der Waals surface area (Å²) in [6.07, 6.45) is 3.26. The van der Waals surface area contributed by atoms with Gasteiger partial charge in [-0.25, -0.2) is 9.97 Å². The van der Waals surface area contributed by atoms with Crippen LogP contribution in [0.15, 0.2) is 36.8 Å². The minimum Gasteiger partial charge on any atom is -0.307 e. The Morgan fingerprint density at radius 1 is 1.06 bits per heavy atom. The van der Waals surface area contributed by atoms with Gasteiger partial charge in [-0.05, 0) is 23.8 Å². The Balaban J connectivity index is 1.88. The number of rotatable bonds is 4. The van der Waals surface area contributed by atoms with Crippen LogP contribution < -0.4 is 5.32 Å². The second-order valence-electron chi connectivity index (χ2n) is 3.55. The molecule has 0 unspecified atom stereocenters. The summed E-state index contributed by atoms with van der Waals surface area (Å²) in [7, 11) is 0. The van der Waals surface area contributed by atoms with Crippen molar-refractivity contribution >= 4 is 23.2 Å². The largest absolute Gasteiger partial charge is 0.307 e. The Bertz CT molecular complexity index is 488. The van der Waals surface area contributed by atoms with Crippen LogP contribution in [0.4, 0.5) is 0 Å². The molecule has 0 spiro atoms. The van der Waals surface area contributed by atoms with E-state index in [0.29, 0.717) is 16.6 Å². The highest BCUT2D eigenvalue weighted by Gasteiger charge is 1.99. The van der Waals surface area contributed by atoms with Crippen LogP contribution in [-0.2, 0) is 13.1 Å². The quantitative estimate of drug-likeness (QED) is 0.926. The predicted octanol–water partition coefficient (Wildman–Crippen LogP) is 3.07. The van der Waals surface area contributed by atoms with Crippen LogP contribution in [-0.4, -0.2) is 9.97 Å². The molecule has 0 fully saturated rings. The Morgan fingerprint density at radius 2 is 1.94 bits per heavy atom. The molecule has 0 aliphatic heterocycles. The summed E-state index contributed by atoms with van der Waals surface area (Å²) < 4.78 is 0. The molecule has 2 aromatic rings. The fourth-order valence-corrected chi connectivity index (χ4v) is 1.73. The lowest BCUT2D eigenvalue weighted by Gasteiger charge is -2.05. The van der Waals surface area contributed by atoms with Gasteiger partial charge in [0.05, 0.1) is 15.7 Å². The number of halogens is 2. The summed E-state index contributed by atoms with van der Waals surface area (Å²) in [5.74, 6) is 0. The highest BCUT2D eigenvalue weighted by Crippen LogP contribution is 2.22. The Hall–Kier alpha value is -1.16. The predicted molar refractivity (Wildman–Crippen MR) is 69.0 cm³/mol. The fourth-order valence-electron chi connectivity index (χ4n) is 1.41. The summed E-state index contributed by atoms with van der Waals surface area (Å²) in [5.41, 5.74) is 2.05. The molecule has 0 saturated heterocycles. The standard InChI is InChI=1S/C12H11Cl2N3/c13-11-2-1-9(5-12(11)14)6-16-7-10-3-4-15-8-17-10/h1-5,8,16H,6-7H2. The Morgan fingerprint density at radius 3 is 2.65 bits per heavy atom. The molecule has 0 bridgehead atoms. The van der Waals surface area contributed by atoms with Crippen molar-refractivity contribution in [3.63, 3.8) is 0 Å². The first-order valence-electron chi connectivity index (χ1n) is 5.15. The molecule has 0 radical (unpaired) electrons. The molecule has 2 rings (SSSR count). The van der Waals surface area contributed by atoms with Crippen molar-refractivity contribution < 1.29 is 0 Å². The zero-order valence-electron chi connectivity index (χ0n) is 9.03. The molecule has 1 aromatic carbocycles. The van der Waals surface area contributed by atoms with Crippen LogP contribution >= 0.6 is 23.2 Å². The first-order valence-corrected chi connectivity index (χ1v) is 5.91. The van der Waals surface area contributed by atoms with Crippen molar-refractivity contribution in [2.45, 2.75) is 13.1 Å². The third-order valence-electron chi connectivity index (χ3n) is 2.26. The maximum absolute atomic E-state index is 5.93. The van der Waals surface area contributed by atoms with E-state index >= 15 is 0 Å². The second-order valence-corrected chi connectivity index (χ2v) is 4.37. The number of nitrogens with one attached hydrogen (secondary N) is 1. The molecular formula is C12H11Cl2N3. The van der Waals surface area contributed by atoms with Crippen molar-refractivity contribution in [2.75, 3.05) is 0 Å². The van der Waals surface area contributed by atoms with Gasteiger partial charge in [-0.2, -0.15) is 0 Å². The maximum Gasteiger partial charge on any atom is 0.115 e. The molecule has 0 saturated carbocycles. The monoisotopic (exact) mass is 267 g/mol. The summed E-state index contributed by atoms with van der Waals surface area (Å²) >= 11 is 11.8. The van der Waals surface area contributed by atoms with Crippen LogP contribution in [0.25, 0.3) is 0 Å². The van der Waals surface area contributed by atoms with Gasteiger partial charge in [-0.1, -0.05) is 29.3 Å². The van der Waals surface area contributed by atoms with Crippen molar-refractivity contribution in [3.8, 4) is 0 Å². The molecule has 88 valence electrons. The molecule has 1 heterocycles. The minimum absolute atomic E-state index is 0.575. The van der Waals surface area contributed by atoms with Gasteiger partial charge in [-0.15, -0.1) is 0 Å².